The summed E-state index contributed by atoms with van der Waals surface area (Å²) in [5.41, 5.74) is 4.34. The minimum Gasteiger partial charge on any atom is -0.394 e. The first-order valence-corrected chi connectivity index (χ1v) is 8.01. The highest BCUT2D eigenvalue weighted by atomic mass is 32.1. The molecule has 0 aliphatic rings. The van der Waals surface area contributed by atoms with Gasteiger partial charge in [0.25, 0.3) is 0 Å². The molecule has 5 nitrogen and oxygen atoms in total. The van der Waals surface area contributed by atoms with E-state index >= 15 is 0 Å². The monoisotopic (exact) mass is 314 g/mol. The van der Waals surface area contributed by atoms with Crippen LogP contribution in [0.3, 0.4) is 0 Å². The quantitative estimate of drug-likeness (QED) is 0.734. The molecule has 0 fully saturated rings. The molecule has 1 aromatic carbocycles. The van der Waals surface area contributed by atoms with Gasteiger partial charge in [-0.05, 0) is 6.92 Å². The fourth-order valence-electron chi connectivity index (χ4n) is 2.09. The van der Waals surface area contributed by atoms with E-state index in [0.29, 0.717) is 13.1 Å². The van der Waals surface area contributed by atoms with Crippen molar-refractivity contribution in [3.8, 4) is 10.6 Å². The first-order valence-electron chi connectivity index (χ1n) is 7.13. The average Bonchev–Trinajstić information content (AvgIpc) is 3.16. The van der Waals surface area contributed by atoms with Crippen molar-refractivity contribution in [3.05, 3.63) is 53.3 Å². The van der Waals surface area contributed by atoms with Crippen molar-refractivity contribution in [1.82, 2.24) is 14.8 Å². The molecule has 0 saturated heterocycles. The van der Waals surface area contributed by atoms with E-state index in [-0.39, 0.29) is 6.61 Å². The molecular weight excluding hydrogens is 296 g/mol. The topological polar surface area (TPSA) is 63.0 Å². The summed E-state index contributed by atoms with van der Waals surface area (Å²) in [6.45, 7) is 3.34. The van der Waals surface area contributed by atoms with Gasteiger partial charge in [0.1, 0.15) is 5.01 Å². The van der Waals surface area contributed by atoms with Crippen LogP contribution in [0.5, 0.6) is 0 Å². The van der Waals surface area contributed by atoms with Crippen LogP contribution < -0.4 is 5.32 Å². The number of anilines is 1. The van der Waals surface area contributed by atoms with Gasteiger partial charge in [0.15, 0.2) is 0 Å². The molecule has 2 aromatic heterocycles. The Morgan fingerprint density at radius 3 is 2.86 bits per heavy atom. The van der Waals surface area contributed by atoms with Crippen LogP contribution in [0.1, 0.15) is 11.3 Å². The van der Waals surface area contributed by atoms with Crippen molar-refractivity contribution >= 4 is 17.0 Å². The van der Waals surface area contributed by atoms with Crippen LogP contribution in [-0.4, -0.2) is 26.5 Å². The molecule has 3 aromatic rings. The van der Waals surface area contributed by atoms with E-state index < -0.39 is 0 Å². The Morgan fingerprint density at radius 2 is 2.09 bits per heavy atom. The highest BCUT2D eigenvalue weighted by Crippen LogP contribution is 2.24. The van der Waals surface area contributed by atoms with Gasteiger partial charge in [-0.1, -0.05) is 29.8 Å². The normalized spacial score (nSPS) is 10.8. The van der Waals surface area contributed by atoms with Gasteiger partial charge in [0.2, 0.25) is 0 Å². The third-order valence-corrected chi connectivity index (χ3v) is 4.23. The molecule has 2 heterocycles. The Kier molecular flexibility index (Phi) is 4.50. The van der Waals surface area contributed by atoms with Crippen LogP contribution >= 0.6 is 11.3 Å². The van der Waals surface area contributed by atoms with Crippen LogP contribution in [0.2, 0.25) is 0 Å². The third-order valence-electron chi connectivity index (χ3n) is 3.29. The van der Waals surface area contributed by atoms with E-state index in [1.165, 1.54) is 5.56 Å². The van der Waals surface area contributed by atoms with Crippen molar-refractivity contribution in [1.29, 1.82) is 0 Å². The van der Waals surface area contributed by atoms with E-state index in [4.69, 9.17) is 5.11 Å². The highest BCUT2D eigenvalue weighted by Gasteiger charge is 2.05. The number of nitrogens with one attached hydrogen (secondary N) is 1. The summed E-state index contributed by atoms with van der Waals surface area (Å²) < 4.78 is 1.71. The molecular formula is C16H18N4OS. The lowest BCUT2D eigenvalue weighted by molar-refractivity contribution is 0.269. The Morgan fingerprint density at radius 1 is 1.27 bits per heavy atom. The molecule has 0 bridgehead atoms. The Hall–Kier alpha value is -2.18. The van der Waals surface area contributed by atoms with Gasteiger partial charge in [-0.2, -0.15) is 5.10 Å². The van der Waals surface area contributed by atoms with Gasteiger partial charge in [0.05, 0.1) is 37.3 Å². The smallest absolute Gasteiger partial charge is 0.123 e. The average molecular weight is 314 g/mol. The number of aryl methyl sites for hydroxylation is 1. The molecule has 0 saturated carbocycles. The number of rotatable bonds is 6. The predicted molar refractivity (Wildman–Crippen MR) is 88.9 cm³/mol. The first-order chi connectivity index (χ1) is 10.7. The maximum atomic E-state index is 8.88. The number of thiazole rings is 1. The van der Waals surface area contributed by atoms with Crippen LogP contribution in [0.4, 0.5) is 5.69 Å². The van der Waals surface area contributed by atoms with Crippen LogP contribution in [-0.2, 0) is 13.1 Å². The molecule has 0 spiro atoms. The van der Waals surface area contributed by atoms with Gasteiger partial charge >= 0.3 is 0 Å². The minimum atomic E-state index is 0.0904. The standard InChI is InChI=1S/C16H18N4OS/c1-12-2-4-13(5-3-12)16-19-15(11-22-16)8-17-14-9-18-20(10-14)6-7-21/h2-5,9-11,17,21H,6-8H2,1H3. The van der Waals surface area contributed by atoms with Gasteiger partial charge in [-0.15, -0.1) is 11.3 Å². The summed E-state index contributed by atoms with van der Waals surface area (Å²) in [7, 11) is 0. The largest absolute Gasteiger partial charge is 0.394 e. The number of hydrogen-bond donors (Lipinski definition) is 2. The molecule has 0 amide bonds. The zero-order valence-corrected chi connectivity index (χ0v) is 13.2. The summed E-state index contributed by atoms with van der Waals surface area (Å²) in [5, 5.41) is 19.4. The van der Waals surface area contributed by atoms with E-state index in [1.54, 1.807) is 22.2 Å². The predicted octanol–water partition coefficient (Wildman–Crippen LogP) is 2.92. The summed E-state index contributed by atoms with van der Waals surface area (Å²) in [5.74, 6) is 0. The van der Waals surface area contributed by atoms with Crippen molar-refractivity contribution in [2.45, 2.75) is 20.0 Å². The number of aromatic nitrogens is 3. The van der Waals surface area contributed by atoms with Gasteiger partial charge in [-0.3, -0.25) is 4.68 Å². The number of aliphatic hydroxyl groups excluding tert-OH is 1. The number of aliphatic hydroxyl groups is 1. The molecule has 2 N–H and O–H groups in total. The fraction of sp³-hybridized carbons (Fsp3) is 0.250. The molecule has 3 rings (SSSR count). The Balaban J connectivity index is 1.62. The maximum absolute atomic E-state index is 8.88. The second kappa shape index (κ2) is 6.72. The second-order valence-electron chi connectivity index (χ2n) is 5.08. The molecule has 114 valence electrons. The number of benzene rings is 1. The van der Waals surface area contributed by atoms with E-state index in [0.717, 1.165) is 22.0 Å². The fourth-order valence-corrected chi connectivity index (χ4v) is 2.91. The first kappa shape index (κ1) is 14.7. The molecule has 0 atom stereocenters. The minimum absolute atomic E-state index is 0.0904. The molecule has 0 radical (unpaired) electrons. The summed E-state index contributed by atoms with van der Waals surface area (Å²) in [6, 6.07) is 8.41. The molecule has 6 heteroatoms. The lowest BCUT2D eigenvalue weighted by atomic mass is 10.2. The van der Waals surface area contributed by atoms with E-state index in [2.05, 4.69) is 52.0 Å². The zero-order valence-electron chi connectivity index (χ0n) is 12.4. The highest BCUT2D eigenvalue weighted by molar-refractivity contribution is 7.13. The van der Waals surface area contributed by atoms with Crippen LogP contribution in [0, 0.1) is 6.92 Å². The number of nitrogens with zero attached hydrogens (tertiary/aromatic N) is 3. The zero-order chi connectivity index (χ0) is 15.4. The molecule has 0 aliphatic heterocycles. The van der Waals surface area contributed by atoms with Crippen molar-refractivity contribution in [2.75, 3.05) is 11.9 Å². The summed E-state index contributed by atoms with van der Waals surface area (Å²) >= 11 is 1.65. The molecule has 22 heavy (non-hydrogen) atoms. The maximum Gasteiger partial charge on any atom is 0.123 e. The lowest BCUT2D eigenvalue weighted by Gasteiger charge is -2.00. The van der Waals surface area contributed by atoms with Crippen molar-refractivity contribution in [3.63, 3.8) is 0 Å². The van der Waals surface area contributed by atoms with E-state index in [1.807, 2.05) is 6.20 Å². The Bertz CT molecular complexity index is 733. The molecule has 0 aliphatic carbocycles. The number of hydrogen-bond acceptors (Lipinski definition) is 5. The third kappa shape index (κ3) is 3.52. The Labute approximate surface area is 133 Å². The van der Waals surface area contributed by atoms with Crippen LogP contribution in [0.25, 0.3) is 10.6 Å². The SMILES string of the molecule is Cc1ccc(-c2nc(CNc3cnn(CCO)c3)cs2)cc1. The molecule has 0 unspecified atom stereocenters. The van der Waals surface area contributed by atoms with Crippen LogP contribution in [0.15, 0.2) is 42.0 Å². The summed E-state index contributed by atoms with van der Waals surface area (Å²) in [6.07, 6.45) is 3.63. The van der Waals surface area contributed by atoms with Gasteiger partial charge < -0.3 is 10.4 Å². The second-order valence-corrected chi connectivity index (χ2v) is 5.94. The van der Waals surface area contributed by atoms with Crippen molar-refractivity contribution in [2.24, 2.45) is 0 Å². The van der Waals surface area contributed by atoms with Crippen molar-refractivity contribution < 1.29 is 5.11 Å². The lowest BCUT2D eigenvalue weighted by Crippen LogP contribution is -2.02. The summed E-state index contributed by atoms with van der Waals surface area (Å²) in [4.78, 5) is 4.66. The van der Waals surface area contributed by atoms with E-state index in [9.17, 15) is 0 Å². The van der Waals surface area contributed by atoms with Gasteiger partial charge in [-0.25, -0.2) is 4.98 Å². The van der Waals surface area contributed by atoms with Gasteiger partial charge in [0, 0.05) is 17.1 Å².